The van der Waals surface area contributed by atoms with Crippen LogP contribution in [0.4, 0.5) is 0 Å². The molecule has 0 bridgehead atoms. The minimum Gasteiger partial charge on any atom is -0.357 e. The van der Waals surface area contributed by atoms with Crippen LogP contribution in [0.15, 0.2) is 18.0 Å². The van der Waals surface area contributed by atoms with Crippen molar-refractivity contribution in [1.82, 2.24) is 24.8 Å². The summed E-state index contributed by atoms with van der Waals surface area (Å²) >= 11 is 1.67. The number of amides is 1. The second-order valence-corrected chi connectivity index (χ2v) is 5.89. The van der Waals surface area contributed by atoms with Gasteiger partial charge in [0.1, 0.15) is 6.04 Å². The second-order valence-electron chi connectivity index (χ2n) is 4.95. The number of carbonyl (C=O) groups is 1. The molecule has 0 aromatic carbocycles. The molecule has 1 aliphatic rings. The summed E-state index contributed by atoms with van der Waals surface area (Å²) in [4.78, 5) is 24.0. The van der Waals surface area contributed by atoms with Gasteiger partial charge >= 0.3 is 0 Å². The van der Waals surface area contributed by atoms with Gasteiger partial charge in [-0.05, 0) is 6.92 Å². The Hall–Kier alpha value is -1.73. The molecular formula is C13H17N5OS. The van der Waals surface area contributed by atoms with Crippen molar-refractivity contribution in [3.05, 3.63) is 34.3 Å². The third-order valence-corrected chi connectivity index (χ3v) is 4.58. The molecule has 0 aliphatic carbocycles. The van der Waals surface area contributed by atoms with E-state index in [0.717, 1.165) is 24.5 Å². The Bertz CT molecular complexity index is 620. The van der Waals surface area contributed by atoms with Crippen LogP contribution in [0.2, 0.25) is 0 Å². The summed E-state index contributed by atoms with van der Waals surface area (Å²) in [5, 5.41) is 2.73. The van der Waals surface area contributed by atoms with Crippen LogP contribution in [-0.4, -0.2) is 38.9 Å². The number of fused-ring (bicyclic) bond motifs is 1. The Labute approximate surface area is 121 Å². The fourth-order valence-electron chi connectivity index (χ4n) is 2.54. The van der Waals surface area contributed by atoms with Gasteiger partial charge in [-0.1, -0.05) is 0 Å². The van der Waals surface area contributed by atoms with Crippen molar-refractivity contribution in [2.45, 2.75) is 26.1 Å². The van der Waals surface area contributed by atoms with E-state index in [1.54, 1.807) is 24.7 Å². The Morgan fingerprint density at radius 2 is 2.45 bits per heavy atom. The van der Waals surface area contributed by atoms with Crippen LogP contribution in [0.5, 0.6) is 0 Å². The quantitative estimate of drug-likeness (QED) is 0.914. The standard InChI is InChI=1S/C13H17N5OS/c1-9-12(20-8-16-9)6-17-4-10-3-15-7-18(10)11(5-17)13(19)14-2/h3,7-8,11H,4-6H2,1-2H3,(H,14,19)/t11-/m0/s1. The predicted octanol–water partition coefficient (Wildman–Crippen LogP) is 0.951. The monoisotopic (exact) mass is 291 g/mol. The van der Waals surface area contributed by atoms with Crippen molar-refractivity contribution in [2.75, 3.05) is 13.6 Å². The Morgan fingerprint density at radius 3 is 3.15 bits per heavy atom. The van der Waals surface area contributed by atoms with Gasteiger partial charge in [0.05, 0.1) is 23.2 Å². The molecule has 2 aromatic heterocycles. The van der Waals surface area contributed by atoms with Crippen LogP contribution >= 0.6 is 11.3 Å². The SMILES string of the molecule is CNC(=O)[C@@H]1CN(Cc2scnc2C)Cc2cncn21. The average molecular weight is 291 g/mol. The summed E-state index contributed by atoms with van der Waals surface area (Å²) < 4.78 is 1.97. The van der Waals surface area contributed by atoms with Crippen molar-refractivity contribution in [1.29, 1.82) is 0 Å². The van der Waals surface area contributed by atoms with E-state index in [0.29, 0.717) is 6.54 Å². The molecule has 0 saturated carbocycles. The normalized spacial score (nSPS) is 18.8. The van der Waals surface area contributed by atoms with E-state index < -0.39 is 0 Å². The molecule has 3 heterocycles. The fourth-order valence-corrected chi connectivity index (χ4v) is 3.36. The summed E-state index contributed by atoms with van der Waals surface area (Å²) in [6, 6.07) is -0.209. The molecule has 1 amide bonds. The van der Waals surface area contributed by atoms with Crippen LogP contribution in [0.25, 0.3) is 0 Å². The maximum Gasteiger partial charge on any atom is 0.244 e. The lowest BCUT2D eigenvalue weighted by Crippen LogP contribution is -2.43. The summed E-state index contributed by atoms with van der Waals surface area (Å²) in [5.41, 5.74) is 4.02. The molecule has 6 nitrogen and oxygen atoms in total. The number of hydrogen-bond acceptors (Lipinski definition) is 5. The largest absolute Gasteiger partial charge is 0.357 e. The maximum absolute atomic E-state index is 12.0. The highest BCUT2D eigenvalue weighted by Crippen LogP contribution is 2.24. The van der Waals surface area contributed by atoms with Gasteiger partial charge in [-0.25, -0.2) is 9.97 Å². The zero-order valence-corrected chi connectivity index (χ0v) is 12.4. The number of aryl methyl sites for hydroxylation is 1. The van der Waals surface area contributed by atoms with Crippen LogP contribution in [0.1, 0.15) is 22.3 Å². The van der Waals surface area contributed by atoms with Crippen LogP contribution < -0.4 is 5.32 Å². The van der Waals surface area contributed by atoms with Crippen molar-refractivity contribution in [3.8, 4) is 0 Å². The fraction of sp³-hybridized carbons (Fsp3) is 0.462. The molecule has 0 unspecified atom stereocenters. The van der Waals surface area contributed by atoms with E-state index in [9.17, 15) is 4.79 Å². The van der Waals surface area contributed by atoms with Crippen LogP contribution in [0, 0.1) is 6.92 Å². The Balaban J connectivity index is 1.82. The second kappa shape index (κ2) is 5.34. The molecular weight excluding hydrogens is 274 g/mol. The molecule has 7 heteroatoms. The highest BCUT2D eigenvalue weighted by Gasteiger charge is 2.29. The first-order valence-electron chi connectivity index (χ1n) is 6.52. The summed E-state index contributed by atoms with van der Waals surface area (Å²) in [6.07, 6.45) is 3.58. The third kappa shape index (κ3) is 2.34. The van der Waals surface area contributed by atoms with Gasteiger partial charge in [-0.2, -0.15) is 0 Å². The number of nitrogens with zero attached hydrogens (tertiary/aromatic N) is 4. The number of carbonyl (C=O) groups excluding carboxylic acids is 1. The van der Waals surface area contributed by atoms with E-state index in [-0.39, 0.29) is 11.9 Å². The molecule has 106 valence electrons. The first kappa shape index (κ1) is 13.3. The molecule has 1 aliphatic heterocycles. The maximum atomic E-state index is 12.0. The Morgan fingerprint density at radius 1 is 1.60 bits per heavy atom. The van der Waals surface area contributed by atoms with Gasteiger partial charge in [-0.15, -0.1) is 11.3 Å². The average Bonchev–Trinajstić information content (AvgIpc) is 3.06. The number of thiazole rings is 1. The van der Waals surface area contributed by atoms with E-state index >= 15 is 0 Å². The zero-order valence-electron chi connectivity index (χ0n) is 11.5. The van der Waals surface area contributed by atoms with Crippen molar-refractivity contribution < 1.29 is 4.79 Å². The molecule has 1 atom stereocenters. The van der Waals surface area contributed by atoms with Gasteiger partial charge in [-0.3, -0.25) is 9.69 Å². The van der Waals surface area contributed by atoms with Gasteiger partial charge in [0.25, 0.3) is 0 Å². The van der Waals surface area contributed by atoms with Gasteiger partial charge < -0.3 is 9.88 Å². The van der Waals surface area contributed by atoms with Crippen molar-refractivity contribution in [2.24, 2.45) is 0 Å². The molecule has 0 radical (unpaired) electrons. The van der Waals surface area contributed by atoms with Gasteiger partial charge in [0.15, 0.2) is 0 Å². The number of nitrogens with one attached hydrogen (secondary N) is 1. The molecule has 2 aromatic rings. The van der Waals surface area contributed by atoms with Gasteiger partial charge in [0.2, 0.25) is 5.91 Å². The lowest BCUT2D eigenvalue weighted by atomic mass is 10.1. The van der Waals surface area contributed by atoms with Crippen LogP contribution in [-0.2, 0) is 17.9 Å². The van der Waals surface area contributed by atoms with E-state index in [2.05, 4.69) is 20.2 Å². The third-order valence-electron chi connectivity index (χ3n) is 3.66. The topological polar surface area (TPSA) is 63.1 Å². The minimum atomic E-state index is -0.209. The molecule has 0 fully saturated rings. The van der Waals surface area contributed by atoms with E-state index in [1.165, 1.54) is 4.88 Å². The minimum absolute atomic E-state index is 0.0231. The first-order valence-corrected chi connectivity index (χ1v) is 7.40. The summed E-state index contributed by atoms with van der Waals surface area (Å²) in [6.45, 7) is 4.36. The van der Waals surface area contributed by atoms with Gasteiger partial charge in [0, 0.05) is 37.8 Å². The molecule has 1 N–H and O–H groups in total. The van der Waals surface area contributed by atoms with Crippen molar-refractivity contribution in [3.63, 3.8) is 0 Å². The molecule has 3 rings (SSSR count). The molecule has 0 saturated heterocycles. The first-order chi connectivity index (χ1) is 9.69. The number of imidazole rings is 1. The van der Waals surface area contributed by atoms with Crippen LogP contribution in [0.3, 0.4) is 0 Å². The van der Waals surface area contributed by atoms with Crippen molar-refractivity contribution >= 4 is 17.2 Å². The Kier molecular flexibility index (Phi) is 3.54. The smallest absolute Gasteiger partial charge is 0.244 e. The molecule has 20 heavy (non-hydrogen) atoms. The predicted molar refractivity (Wildman–Crippen MR) is 76.3 cm³/mol. The molecule has 0 spiro atoms. The lowest BCUT2D eigenvalue weighted by molar-refractivity contribution is -0.125. The lowest BCUT2D eigenvalue weighted by Gasteiger charge is -2.33. The number of likely N-dealkylation sites (N-methyl/N-ethyl adjacent to an activating group) is 1. The summed E-state index contributed by atoms with van der Waals surface area (Å²) in [5.74, 6) is 0.0231. The number of rotatable bonds is 3. The van der Waals surface area contributed by atoms with E-state index in [4.69, 9.17) is 0 Å². The summed E-state index contributed by atoms with van der Waals surface area (Å²) in [7, 11) is 1.67. The highest BCUT2D eigenvalue weighted by atomic mass is 32.1. The zero-order chi connectivity index (χ0) is 14.1. The number of aromatic nitrogens is 3. The van der Waals surface area contributed by atoms with E-state index in [1.807, 2.05) is 23.2 Å². The highest BCUT2D eigenvalue weighted by molar-refractivity contribution is 7.09. The number of hydrogen-bond donors (Lipinski definition) is 1.